The minimum absolute atomic E-state index is 0.0292. The van der Waals surface area contributed by atoms with Crippen molar-refractivity contribution in [2.75, 3.05) is 18.4 Å². The average Bonchev–Trinajstić information content (AvgIpc) is 2.75. The summed E-state index contributed by atoms with van der Waals surface area (Å²) in [5, 5.41) is 16.6. The van der Waals surface area contributed by atoms with Gasteiger partial charge in [0.25, 0.3) is 5.56 Å². The van der Waals surface area contributed by atoms with E-state index in [0.29, 0.717) is 42.8 Å². The summed E-state index contributed by atoms with van der Waals surface area (Å²) in [7, 11) is 0. The van der Waals surface area contributed by atoms with Crippen LogP contribution in [0.2, 0.25) is 0 Å². The van der Waals surface area contributed by atoms with Crippen LogP contribution in [0.25, 0.3) is 0 Å². The highest BCUT2D eigenvalue weighted by atomic mass is 16.2. The normalized spacial score (nSPS) is 10.4. The van der Waals surface area contributed by atoms with Crippen molar-refractivity contribution in [2.24, 2.45) is 0 Å². The molecule has 0 aliphatic rings. The highest BCUT2D eigenvalue weighted by molar-refractivity contribution is 5.95. The van der Waals surface area contributed by atoms with E-state index >= 15 is 0 Å². The molecule has 1 N–H and O–H groups in total. The molecule has 2 aromatic rings. The number of aryl methyl sites for hydroxylation is 2. The van der Waals surface area contributed by atoms with Crippen LogP contribution < -0.4 is 10.9 Å². The zero-order valence-corrected chi connectivity index (χ0v) is 18.6. The molecule has 0 aliphatic heterocycles. The summed E-state index contributed by atoms with van der Waals surface area (Å²) >= 11 is 0. The summed E-state index contributed by atoms with van der Waals surface area (Å²) in [4.78, 5) is 39.6. The molecule has 2 amide bonds. The molecule has 0 saturated carbocycles. The van der Waals surface area contributed by atoms with Crippen LogP contribution in [0.15, 0.2) is 29.1 Å². The van der Waals surface area contributed by atoms with Crippen LogP contribution in [0.1, 0.15) is 49.6 Å². The Morgan fingerprint density at radius 3 is 2.48 bits per heavy atom. The molecule has 0 aliphatic carbocycles. The fraction of sp³-hybridized carbons (Fsp3) is 0.435. The fourth-order valence-corrected chi connectivity index (χ4v) is 3.41. The number of nitrogens with one attached hydrogen (secondary N) is 1. The van der Waals surface area contributed by atoms with E-state index in [1.54, 1.807) is 6.07 Å². The average molecular weight is 424 g/mol. The highest BCUT2D eigenvalue weighted by Gasteiger charge is 2.21. The van der Waals surface area contributed by atoms with E-state index in [9.17, 15) is 19.6 Å². The van der Waals surface area contributed by atoms with E-state index < -0.39 is 11.5 Å². The number of para-hydroxylation sites is 1. The zero-order chi connectivity index (χ0) is 23.0. The van der Waals surface area contributed by atoms with Gasteiger partial charge in [0.15, 0.2) is 0 Å². The lowest BCUT2D eigenvalue weighted by Gasteiger charge is -2.22. The van der Waals surface area contributed by atoms with Gasteiger partial charge in [-0.1, -0.05) is 39.0 Å². The summed E-state index contributed by atoms with van der Waals surface area (Å²) in [6, 6.07) is 9.36. The molecule has 1 heterocycles. The number of hydrogen-bond donors (Lipinski definition) is 1. The number of anilines is 1. The van der Waals surface area contributed by atoms with Crippen molar-refractivity contribution in [3.8, 4) is 6.07 Å². The second-order valence-electron chi connectivity index (χ2n) is 7.26. The Morgan fingerprint density at radius 2 is 1.90 bits per heavy atom. The third kappa shape index (κ3) is 5.79. The Hall–Kier alpha value is -3.47. The van der Waals surface area contributed by atoms with Gasteiger partial charge < -0.3 is 10.2 Å². The van der Waals surface area contributed by atoms with Gasteiger partial charge in [0, 0.05) is 12.2 Å². The second kappa shape index (κ2) is 11.1. The molecule has 0 spiro atoms. The molecular formula is C23H29N5O3. The van der Waals surface area contributed by atoms with Crippen LogP contribution in [-0.4, -0.2) is 39.6 Å². The van der Waals surface area contributed by atoms with Crippen LogP contribution in [0, 0.1) is 18.3 Å². The number of carbonyl (C=O) groups is 2. The van der Waals surface area contributed by atoms with E-state index in [4.69, 9.17) is 0 Å². The number of hydrogen-bond acceptors (Lipinski definition) is 5. The number of aromatic nitrogens is 2. The molecule has 8 heteroatoms. The predicted octanol–water partition coefficient (Wildman–Crippen LogP) is 2.43. The molecule has 8 nitrogen and oxygen atoms in total. The van der Waals surface area contributed by atoms with Crippen LogP contribution in [-0.2, 0) is 29.0 Å². The fourth-order valence-electron chi connectivity index (χ4n) is 3.41. The second-order valence-corrected chi connectivity index (χ2v) is 7.26. The van der Waals surface area contributed by atoms with Gasteiger partial charge in [-0.15, -0.1) is 0 Å². The maximum absolute atomic E-state index is 12.9. The largest absolute Gasteiger partial charge is 0.332 e. The SMILES string of the molecule is CCCN(CC(=O)Nc1ccccc1C)C(=O)Cn1nc(CC)c(CC)c(C#N)c1=O. The summed E-state index contributed by atoms with van der Waals surface area (Å²) < 4.78 is 1.04. The first-order valence-corrected chi connectivity index (χ1v) is 10.5. The number of nitrogens with zero attached hydrogens (tertiary/aromatic N) is 4. The smallest absolute Gasteiger partial charge is 0.285 e. The van der Waals surface area contributed by atoms with Gasteiger partial charge >= 0.3 is 0 Å². The Labute approximate surface area is 182 Å². The molecule has 2 rings (SSSR count). The molecule has 0 bridgehead atoms. The molecule has 0 fully saturated rings. The van der Waals surface area contributed by atoms with E-state index in [0.717, 1.165) is 10.2 Å². The molecule has 0 saturated heterocycles. The van der Waals surface area contributed by atoms with E-state index in [1.807, 2.05) is 52.0 Å². The van der Waals surface area contributed by atoms with Crippen molar-refractivity contribution >= 4 is 17.5 Å². The maximum Gasteiger partial charge on any atom is 0.285 e. The number of carbonyl (C=O) groups excluding carboxylic acids is 2. The van der Waals surface area contributed by atoms with E-state index in [-0.39, 0.29) is 24.6 Å². The van der Waals surface area contributed by atoms with Gasteiger partial charge in [-0.2, -0.15) is 10.4 Å². The van der Waals surface area contributed by atoms with Gasteiger partial charge in [-0.3, -0.25) is 14.4 Å². The van der Waals surface area contributed by atoms with Gasteiger partial charge in [0.05, 0.1) is 12.2 Å². The molecule has 1 aromatic heterocycles. The monoisotopic (exact) mass is 423 g/mol. The molecule has 0 unspecified atom stereocenters. The minimum Gasteiger partial charge on any atom is -0.332 e. The molecular weight excluding hydrogens is 394 g/mol. The Bertz CT molecular complexity index is 1050. The molecule has 31 heavy (non-hydrogen) atoms. The number of benzene rings is 1. The van der Waals surface area contributed by atoms with Gasteiger partial charge in [-0.25, -0.2) is 4.68 Å². The van der Waals surface area contributed by atoms with Gasteiger partial charge in [0.2, 0.25) is 11.8 Å². The van der Waals surface area contributed by atoms with Crippen molar-refractivity contribution in [1.82, 2.24) is 14.7 Å². The standard InChI is InChI=1S/C23H29N5O3/c1-5-12-27(14-21(29)25-20-11-9-8-10-16(20)4)22(30)15-28-23(31)18(13-24)17(6-2)19(7-3)26-28/h8-11H,5-7,12,14-15H2,1-4H3,(H,25,29). The van der Waals surface area contributed by atoms with Crippen LogP contribution in [0.5, 0.6) is 0 Å². The van der Waals surface area contributed by atoms with Crippen molar-refractivity contribution in [1.29, 1.82) is 5.26 Å². The Kier molecular flexibility index (Phi) is 8.50. The Balaban J connectivity index is 2.23. The minimum atomic E-state index is -0.578. The number of nitriles is 1. The summed E-state index contributed by atoms with van der Waals surface area (Å²) in [5.74, 6) is -0.712. The summed E-state index contributed by atoms with van der Waals surface area (Å²) in [6.45, 7) is 7.47. The van der Waals surface area contributed by atoms with Crippen molar-refractivity contribution in [3.63, 3.8) is 0 Å². The number of rotatable bonds is 9. The van der Waals surface area contributed by atoms with E-state index in [1.165, 1.54) is 4.90 Å². The third-order valence-electron chi connectivity index (χ3n) is 5.02. The van der Waals surface area contributed by atoms with Gasteiger partial charge in [0.1, 0.15) is 18.2 Å². The predicted molar refractivity (Wildman–Crippen MR) is 119 cm³/mol. The summed E-state index contributed by atoms with van der Waals surface area (Å²) in [6.07, 6.45) is 1.72. The van der Waals surface area contributed by atoms with Crippen LogP contribution >= 0.6 is 0 Å². The topological polar surface area (TPSA) is 108 Å². The molecule has 0 atom stereocenters. The van der Waals surface area contributed by atoms with Crippen molar-refractivity contribution < 1.29 is 9.59 Å². The van der Waals surface area contributed by atoms with Crippen LogP contribution in [0.3, 0.4) is 0 Å². The number of amides is 2. The van der Waals surface area contributed by atoms with E-state index in [2.05, 4.69) is 10.4 Å². The molecule has 1 aromatic carbocycles. The van der Waals surface area contributed by atoms with Gasteiger partial charge in [-0.05, 0) is 43.4 Å². The van der Waals surface area contributed by atoms with Crippen molar-refractivity contribution in [3.05, 3.63) is 57.0 Å². The lowest BCUT2D eigenvalue weighted by Crippen LogP contribution is -2.42. The van der Waals surface area contributed by atoms with Crippen molar-refractivity contribution in [2.45, 2.75) is 53.5 Å². The molecule has 164 valence electrons. The lowest BCUT2D eigenvalue weighted by molar-refractivity contribution is -0.135. The first-order valence-electron chi connectivity index (χ1n) is 10.5. The summed E-state index contributed by atoms with van der Waals surface area (Å²) in [5.41, 5.74) is 2.32. The first-order chi connectivity index (χ1) is 14.9. The zero-order valence-electron chi connectivity index (χ0n) is 18.6. The maximum atomic E-state index is 12.9. The Morgan fingerprint density at radius 1 is 1.19 bits per heavy atom. The van der Waals surface area contributed by atoms with Crippen LogP contribution in [0.4, 0.5) is 5.69 Å². The first kappa shape index (κ1) is 23.8. The lowest BCUT2D eigenvalue weighted by atomic mass is 10.0. The third-order valence-corrected chi connectivity index (χ3v) is 5.02. The highest BCUT2D eigenvalue weighted by Crippen LogP contribution is 2.13. The quantitative estimate of drug-likeness (QED) is 0.666. The molecule has 0 radical (unpaired) electrons.